The van der Waals surface area contributed by atoms with Crippen molar-refractivity contribution in [3.8, 4) is 11.3 Å². The molecule has 0 aliphatic heterocycles. The van der Waals surface area contributed by atoms with E-state index in [2.05, 4.69) is 42.5 Å². The summed E-state index contributed by atoms with van der Waals surface area (Å²) in [4.78, 5) is 26.1. The largest absolute Gasteiger partial charge is 0.357 e. The molecule has 1 aromatic heterocycles. The molecular weight excluding hydrogens is 572 g/mol. The van der Waals surface area contributed by atoms with Gasteiger partial charge in [-0.05, 0) is 41.5 Å². The van der Waals surface area contributed by atoms with Crippen LogP contribution in [0.2, 0.25) is 0 Å². The maximum atomic E-state index is 13.5. The summed E-state index contributed by atoms with van der Waals surface area (Å²) in [6.07, 6.45) is 0.365. The van der Waals surface area contributed by atoms with E-state index in [4.69, 9.17) is 5.10 Å². The Balaban J connectivity index is 1.64. The van der Waals surface area contributed by atoms with E-state index < -0.39 is 6.04 Å². The van der Waals surface area contributed by atoms with Crippen molar-refractivity contribution in [2.45, 2.75) is 19.0 Å². The quantitative estimate of drug-likeness (QED) is 0.294. The molecule has 6 nitrogen and oxygen atoms in total. The minimum absolute atomic E-state index is 0.261. The highest BCUT2D eigenvalue weighted by atomic mass is 79.9. The fourth-order valence-electron chi connectivity index (χ4n) is 3.75. The lowest BCUT2D eigenvalue weighted by molar-refractivity contribution is -0.122. The van der Waals surface area contributed by atoms with Crippen molar-refractivity contribution in [1.29, 1.82) is 0 Å². The Morgan fingerprint density at radius 3 is 2.31 bits per heavy atom. The van der Waals surface area contributed by atoms with E-state index in [0.717, 1.165) is 25.6 Å². The third kappa shape index (κ3) is 6.46. The molecule has 4 aromatic rings. The maximum absolute atomic E-state index is 13.5. The minimum atomic E-state index is -0.733. The lowest BCUT2D eigenvalue weighted by Gasteiger charge is -2.18. The van der Waals surface area contributed by atoms with Gasteiger partial charge in [0.15, 0.2) is 0 Å². The Hall–Kier alpha value is -3.23. The summed E-state index contributed by atoms with van der Waals surface area (Å²) in [6, 6.07) is 26.3. The van der Waals surface area contributed by atoms with Gasteiger partial charge in [0, 0.05) is 28.0 Å². The highest BCUT2D eigenvalue weighted by molar-refractivity contribution is 9.10. The SMILES string of the molecule is CNC(=O)C(Cc1ccc(Br)cc1)NC(=O)c1cc(-c2ccccc2)nn1Cc1cccc(Br)c1. The molecule has 0 saturated carbocycles. The average Bonchev–Trinajstić information content (AvgIpc) is 3.29. The van der Waals surface area contributed by atoms with E-state index in [9.17, 15) is 9.59 Å². The predicted molar refractivity (Wildman–Crippen MR) is 144 cm³/mol. The first-order chi connectivity index (χ1) is 16.9. The van der Waals surface area contributed by atoms with Gasteiger partial charge in [0.2, 0.25) is 5.91 Å². The van der Waals surface area contributed by atoms with Crippen LogP contribution in [0.1, 0.15) is 21.6 Å². The predicted octanol–water partition coefficient (Wildman–Crippen LogP) is 5.21. The number of carbonyl (C=O) groups excluding carboxylic acids is 2. The monoisotopic (exact) mass is 594 g/mol. The van der Waals surface area contributed by atoms with Crippen molar-refractivity contribution in [3.63, 3.8) is 0 Å². The van der Waals surface area contributed by atoms with Gasteiger partial charge >= 0.3 is 0 Å². The summed E-state index contributed by atoms with van der Waals surface area (Å²) >= 11 is 6.93. The van der Waals surface area contributed by atoms with Gasteiger partial charge in [-0.2, -0.15) is 5.10 Å². The molecule has 1 heterocycles. The van der Waals surface area contributed by atoms with Crippen molar-refractivity contribution in [2.24, 2.45) is 0 Å². The third-order valence-electron chi connectivity index (χ3n) is 5.52. The smallest absolute Gasteiger partial charge is 0.270 e. The first kappa shape index (κ1) is 24.9. The second-order valence-corrected chi connectivity index (χ2v) is 9.87. The summed E-state index contributed by atoms with van der Waals surface area (Å²) in [5.74, 6) is -0.622. The molecule has 178 valence electrons. The zero-order chi connectivity index (χ0) is 24.8. The zero-order valence-corrected chi connectivity index (χ0v) is 22.2. The molecule has 1 unspecified atom stereocenters. The number of carbonyl (C=O) groups is 2. The number of nitrogens with one attached hydrogen (secondary N) is 2. The number of nitrogens with zero attached hydrogens (tertiary/aromatic N) is 2. The second kappa shape index (κ2) is 11.5. The molecule has 0 aliphatic carbocycles. The second-order valence-electron chi connectivity index (χ2n) is 8.04. The number of hydrogen-bond donors (Lipinski definition) is 2. The fraction of sp³-hybridized carbons (Fsp3) is 0.148. The van der Waals surface area contributed by atoms with Crippen LogP contribution in [0.4, 0.5) is 0 Å². The molecule has 0 aliphatic rings. The lowest BCUT2D eigenvalue weighted by Crippen LogP contribution is -2.47. The summed E-state index contributed by atoms with van der Waals surface area (Å²) < 4.78 is 3.58. The van der Waals surface area contributed by atoms with Crippen LogP contribution in [0.3, 0.4) is 0 Å². The van der Waals surface area contributed by atoms with Gasteiger partial charge in [-0.25, -0.2) is 0 Å². The van der Waals surface area contributed by atoms with Gasteiger partial charge in [0.05, 0.1) is 12.2 Å². The molecule has 35 heavy (non-hydrogen) atoms. The highest BCUT2D eigenvalue weighted by Gasteiger charge is 2.24. The average molecular weight is 596 g/mol. The number of rotatable bonds is 8. The summed E-state index contributed by atoms with van der Waals surface area (Å²) in [6.45, 7) is 0.409. The van der Waals surface area contributed by atoms with E-state index in [1.807, 2.05) is 78.9 Å². The number of hydrogen-bond acceptors (Lipinski definition) is 3. The molecule has 0 saturated heterocycles. The van der Waals surface area contributed by atoms with Crippen LogP contribution in [0.25, 0.3) is 11.3 Å². The number of amides is 2. The Bertz CT molecular complexity index is 1320. The molecule has 8 heteroatoms. The van der Waals surface area contributed by atoms with Crippen LogP contribution in [0.15, 0.2) is 93.9 Å². The lowest BCUT2D eigenvalue weighted by atomic mass is 10.0. The van der Waals surface area contributed by atoms with E-state index in [1.54, 1.807) is 17.8 Å². The normalized spacial score (nSPS) is 11.6. The molecular formula is C27H24Br2N4O2. The van der Waals surface area contributed by atoms with Crippen molar-refractivity contribution < 1.29 is 9.59 Å². The van der Waals surface area contributed by atoms with Crippen LogP contribution in [-0.2, 0) is 17.8 Å². The first-order valence-corrected chi connectivity index (χ1v) is 12.7. The van der Waals surface area contributed by atoms with Crippen LogP contribution >= 0.6 is 31.9 Å². The summed E-state index contributed by atoms with van der Waals surface area (Å²) in [5.41, 5.74) is 3.92. The summed E-state index contributed by atoms with van der Waals surface area (Å²) in [7, 11) is 1.56. The highest BCUT2D eigenvalue weighted by Crippen LogP contribution is 2.21. The van der Waals surface area contributed by atoms with E-state index >= 15 is 0 Å². The van der Waals surface area contributed by atoms with Gasteiger partial charge in [-0.3, -0.25) is 14.3 Å². The van der Waals surface area contributed by atoms with E-state index in [-0.39, 0.29) is 11.8 Å². The topological polar surface area (TPSA) is 76.0 Å². The standard InChI is InChI=1S/C27H24Br2N4O2/c1-30-26(34)24(15-18-10-12-21(28)13-11-18)31-27(35)25-16-23(20-7-3-2-4-8-20)32-33(25)17-19-6-5-9-22(29)14-19/h2-14,16,24H,15,17H2,1H3,(H,30,34)(H,31,35). The van der Waals surface area contributed by atoms with Crippen molar-refractivity contribution in [2.75, 3.05) is 7.05 Å². The maximum Gasteiger partial charge on any atom is 0.270 e. The third-order valence-corrected chi connectivity index (χ3v) is 6.55. The van der Waals surface area contributed by atoms with Crippen LogP contribution in [-0.4, -0.2) is 34.7 Å². The number of benzene rings is 3. The summed E-state index contributed by atoms with van der Waals surface area (Å²) in [5, 5.41) is 10.3. The molecule has 4 rings (SSSR count). The molecule has 2 N–H and O–H groups in total. The molecule has 0 fully saturated rings. The molecule has 2 amide bonds. The van der Waals surface area contributed by atoms with Gasteiger partial charge in [0.1, 0.15) is 11.7 Å². The first-order valence-electron chi connectivity index (χ1n) is 11.1. The minimum Gasteiger partial charge on any atom is -0.357 e. The fourth-order valence-corrected chi connectivity index (χ4v) is 4.46. The molecule has 3 aromatic carbocycles. The Kier molecular flexibility index (Phi) is 8.15. The molecule has 0 radical (unpaired) electrons. The molecule has 0 spiro atoms. The van der Waals surface area contributed by atoms with Gasteiger partial charge in [-0.1, -0.05) is 86.5 Å². The van der Waals surface area contributed by atoms with Crippen LogP contribution in [0.5, 0.6) is 0 Å². The van der Waals surface area contributed by atoms with Gasteiger partial charge in [0.25, 0.3) is 5.91 Å². The Labute approximate surface area is 221 Å². The van der Waals surface area contributed by atoms with Gasteiger partial charge < -0.3 is 10.6 Å². The number of likely N-dealkylation sites (N-methyl/N-ethyl adjacent to an activating group) is 1. The van der Waals surface area contributed by atoms with Crippen LogP contribution in [0, 0.1) is 0 Å². The Morgan fingerprint density at radius 1 is 0.886 bits per heavy atom. The van der Waals surface area contributed by atoms with E-state index in [1.165, 1.54) is 0 Å². The molecule has 1 atom stereocenters. The van der Waals surface area contributed by atoms with Crippen molar-refractivity contribution in [3.05, 3.63) is 111 Å². The van der Waals surface area contributed by atoms with Gasteiger partial charge in [-0.15, -0.1) is 0 Å². The number of aromatic nitrogens is 2. The molecule has 0 bridgehead atoms. The van der Waals surface area contributed by atoms with Crippen molar-refractivity contribution in [1.82, 2.24) is 20.4 Å². The zero-order valence-electron chi connectivity index (χ0n) is 19.0. The van der Waals surface area contributed by atoms with Crippen molar-refractivity contribution >= 4 is 43.7 Å². The van der Waals surface area contributed by atoms with Crippen LogP contribution < -0.4 is 10.6 Å². The Morgan fingerprint density at radius 2 is 1.63 bits per heavy atom. The van der Waals surface area contributed by atoms with E-state index in [0.29, 0.717) is 24.4 Å². The number of halogens is 2.